The molecule has 1 fully saturated rings. The number of allylic oxidation sites excluding steroid dienone is 1. The molecule has 1 amide bonds. The number of fused-ring (bicyclic) bond motifs is 1. The Morgan fingerprint density at radius 3 is 2.24 bits per heavy atom. The molecular formula is C24H25N3O5S. The molecule has 2 aliphatic heterocycles. The van der Waals surface area contributed by atoms with Crippen molar-refractivity contribution in [1.82, 2.24) is 4.90 Å². The van der Waals surface area contributed by atoms with Crippen molar-refractivity contribution < 1.29 is 23.7 Å². The summed E-state index contributed by atoms with van der Waals surface area (Å²) in [5, 5.41) is 10.8. The Morgan fingerprint density at radius 1 is 0.970 bits per heavy atom. The molecule has 2 aromatic rings. The Kier molecular flexibility index (Phi) is 6.56. The number of nitrogens with zero attached hydrogens (tertiary/aromatic N) is 3. The molecular weight excluding hydrogens is 442 g/mol. The number of carbonyl (C=O) groups is 1. The van der Waals surface area contributed by atoms with Crippen molar-refractivity contribution in [2.75, 3.05) is 45.9 Å². The van der Waals surface area contributed by atoms with Crippen LogP contribution < -0.4 is 23.8 Å². The van der Waals surface area contributed by atoms with Crippen molar-refractivity contribution in [2.45, 2.75) is 12.3 Å². The number of anilines is 1. The van der Waals surface area contributed by atoms with Crippen LogP contribution in [0.3, 0.4) is 0 Å². The Balaban J connectivity index is 1.69. The molecule has 8 nitrogen and oxygen atoms in total. The molecule has 2 aromatic carbocycles. The van der Waals surface area contributed by atoms with Crippen molar-refractivity contribution in [3.05, 3.63) is 52.6 Å². The Hall–Kier alpha value is -3.51. The Morgan fingerprint density at radius 2 is 1.64 bits per heavy atom. The third-order valence-electron chi connectivity index (χ3n) is 5.84. The molecule has 0 aliphatic carbocycles. The standard InChI is InChI=1S/C24H25N3O5S/c1-29-16-7-5-15(6-8-16)26-13-27-23(28)10-17(19(12-25)24(27)33-14-26)18-9-21(31-3)22(32-4)11-20(18)30-2/h5-9,11,17H,10,13-14H2,1-4H3/t17-/m0/s1. The van der Waals surface area contributed by atoms with Gasteiger partial charge in [-0.25, -0.2) is 0 Å². The molecule has 2 aliphatic rings. The van der Waals surface area contributed by atoms with E-state index in [2.05, 4.69) is 11.0 Å². The van der Waals surface area contributed by atoms with E-state index >= 15 is 0 Å². The van der Waals surface area contributed by atoms with Gasteiger partial charge in [0.2, 0.25) is 5.91 Å². The number of hydrogen-bond acceptors (Lipinski definition) is 8. The van der Waals surface area contributed by atoms with Crippen LogP contribution in [0.25, 0.3) is 0 Å². The maximum absolute atomic E-state index is 13.3. The molecule has 0 spiro atoms. The summed E-state index contributed by atoms with van der Waals surface area (Å²) < 4.78 is 21.6. The molecule has 4 rings (SSSR count). The van der Waals surface area contributed by atoms with Crippen LogP contribution in [0.5, 0.6) is 23.0 Å². The van der Waals surface area contributed by atoms with Crippen molar-refractivity contribution in [1.29, 1.82) is 5.26 Å². The molecule has 0 saturated carbocycles. The second-order valence-corrected chi connectivity index (χ2v) is 8.44. The highest BCUT2D eigenvalue weighted by molar-refractivity contribution is 8.03. The first-order chi connectivity index (χ1) is 16.0. The monoisotopic (exact) mass is 467 g/mol. The first kappa shape index (κ1) is 22.7. The highest BCUT2D eigenvalue weighted by Crippen LogP contribution is 2.47. The predicted octanol–water partition coefficient (Wildman–Crippen LogP) is 3.94. The smallest absolute Gasteiger partial charge is 0.229 e. The fraction of sp³-hybridized carbons (Fsp3) is 0.333. The summed E-state index contributed by atoms with van der Waals surface area (Å²) in [5.41, 5.74) is 2.27. The Labute approximate surface area is 197 Å². The lowest BCUT2D eigenvalue weighted by atomic mass is 9.85. The van der Waals surface area contributed by atoms with E-state index in [0.29, 0.717) is 40.4 Å². The topological polar surface area (TPSA) is 84.3 Å². The van der Waals surface area contributed by atoms with Gasteiger partial charge in [-0.1, -0.05) is 11.8 Å². The zero-order valence-electron chi connectivity index (χ0n) is 19.0. The van der Waals surface area contributed by atoms with E-state index in [-0.39, 0.29) is 12.3 Å². The van der Waals surface area contributed by atoms with E-state index in [4.69, 9.17) is 18.9 Å². The maximum Gasteiger partial charge on any atom is 0.229 e. The van der Waals surface area contributed by atoms with E-state index in [0.717, 1.165) is 17.0 Å². The summed E-state index contributed by atoms with van der Waals surface area (Å²) in [6.45, 7) is 0.383. The van der Waals surface area contributed by atoms with E-state index in [9.17, 15) is 10.1 Å². The lowest BCUT2D eigenvalue weighted by Crippen LogP contribution is -2.47. The van der Waals surface area contributed by atoms with Gasteiger partial charge in [-0.3, -0.25) is 9.69 Å². The molecule has 0 bridgehead atoms. The minimum absolute atomic E-state index is 0.0449. The third kappa shape index (κ3) is 4.14. The molecule has 9 heteroatoms. The number of nitriles is 1. The number of ether oxygens (including phenoxy) is 4. The van der Waals surface area contributed by atoms with Gasteiger partial charge in [0.05, 0.1) is 57.7 Å². The number of rotatable bonds is 6. The van der Waals surface area contributed by atoms with Crippen LogP contribution in [0, 0.1) is 11.3 Å². The molecule has 172 valence electrons. The van der Waals surface area contributed by atoms with Gasteiger partial charge in [0.1, 0.15) is 11.5 Å². The fourth-order valence-corrected chi connectivity index (χ4v) is 5.28. The lowest BCUT2D eigenvalue weighted by molar-refractivity contribution is -0.129. The summed E-state index contributed by atoms with van der Waals surface area (Å²) in [6, 6.07) is 13.6. The normalized spacial score (nSPS) is 17.9. The molecule has 1 atom stereocenters. The molecule has 0 aromatic heterocycles. The largest absolute Gasteiger partial charge is 0.497 e. The van der Waals surface area contributed by atoms with Crippen LogP contribution in [-0.4, -0.2) is 51.8 Å². The molecule has 33 heavy (non-hydrogen) atoms. The minimum Gasteiger partial charge on any atom is -0.497 e. The van der Waals surface area contributed by atoms with E-state index in [1.165, 1.54) is 11.8 Å². The van der Waals surface area contributed by atoms with Crippen molar-refractivity contribution in [3.8, 4) is 29.1 Å². The van der Waals surface area contributed by atoms with E-state index in [1.54, 1.807) is 45.5 Å². The Bertz CT molecular complexity index is 1130. The van der Waals surface area contributed by atoms with Crippen LogP contribution in [-0.2, 0) is 4.79 Å². The van der Waals surface area contributed by atoms with Gasteiger partial charge in [-0.05, 0) is 30.3 Å². The predicted molar refractivity (Wildman–Crippen MR) is 126 cm³/mol. The highest BCUT2D eigenvalue weighted by atomic mass is 32.2. The average Bonchev–Trinajstić information content (AvgIpc) is 2.87. The third-order valence-corrected chi connectivity index (χ3v) is 7.00. The lowest BCUT2D eigenvalue weighted by Gasteiger charge is -2.42. The quantitative estimate of drug-likeness (QED) is 0.632. The summed E-state index contributed by atoms with van der Waals surface area (Å²) in [4.78, 5) is 17.0. The van der Waals surface area contributed by atoms with Crippen LogP contribution in [0.4, 0.5) is 5.69 Å². The number of carbonyl (C=O) groups excluding carboxylic acids is 1. The van der Waals surface area contributed by atoms with Gasteiger partial charge in [0.25, 0.3) is 0 Å². The number of methoxy groups -OCH3 is 4. The van der Waals surface area contributed by atoms with Crippen molar-refractivity contribution in [2.24, 2.45) is 0 Å². The van der Waals surface area contributed by atoms with Gasteiger partial charge < -0.3 is 23.8 Å². The van der Waals surface area contributed by atoms with Crippen LogP contribution in [0.1, 0.15) is 17.9 Å². The van der Waals surface area contributed by atoms with Crippen LogP contribution >= 0.6 is 11.8 Å². The molecule has 0 N–H and O–H groups in total. The first-order valence-electron chi connectivity index (χ1n) is 10.3. The molecule has 0 radical (unpaired) electrons. The molecule has 2 heterocycles. The van der Waals surface area contributed by atoms with E-state index < -0.39 is 5.92 Å². The fourth-order valence-electron chi connectivity index (χ4n) is 4.11. The maximum atomic E-state index is 13.3. The SMILES string of the molecule is COc1ccc(N2CSC3=C(C#N)[C@H](c4cc(OC)c(OC)cc4OC)CC(=O)N3C2)cc1. The van der Waals surface area contributed by atoms with Gasteiger partial charge in [0, 0.05) is 29.7 Å². The van der Waals surface area contributed by atoms with Gasteiger partial charge in [-0.2, -0.15) is 5.26 Å². The van der Waals surface area contributed by atoms with Crippen LogP contribution in [0.15, 0.2) is 47.0 Å². The molecule has 1 saturated heterocycles. The summed E-state index contributed by atoms with van der Waals surface area (Å²) in [5.74, 6) is 2.51. The summed E-state index contributed by atoms with van der Waals surface area (Å²) in [6.07, 6.45) is 0.162. The highest BCUT2D eigenvalue weighted by Gasteiger charge is 2.39. The average molecular weight is 468 g/mol. The number of hydrogen-bond donors (Lipinski definition) is 0. The first-order valence-corrected chi connectivity index (χ1v) is 11.3. The number of amides is 1. The second kappa shape index (κ2) is 9.55. The summed E-state index contributed by atoms with van der Waals surface area (Å²) in [7, 11) is 6.29. The summed E-state index contributed by atoms with van der Waals surface area (Å²) >= 11 is 1.49. The van der Waals surface area contributed by atoms with Crippen molar-refractivity contribution in [3.63, 3.8) is 0 Å². The van der Waals surface area contributed by atoms with Gasteiger partial charge >= 0.3 is 0 Å². The zero-order valence-corrected chi connectivity index (χ0v) is 19.8. The van der Waals surface area contributed by atoms with Crippen molar-refractivity contribution >= 4 is 23.4 Å². The minimum atomic E-state index is -0.427. The van der Waals surface area contributed by atoms with Gasteiger partial charge in [0.15, 0.2) is 11.5 Å². The molecule has 0 unspecified atom stereocenters. The number of thioether (sulfide) groups is 1. The second-order valence-electron chi connectivity index (χ2n) is 7.51. The van der Waals surface area contributed by atoms with E-state index in [1.807, 2.05) is 24.3 Å². The van der Waals surface area contributed by atoms with Crippen LogP contribution in [0.2, 0.25) is 0 Å². The van der Waals surface area contributed by atoms with Gasteiger partial charge in [-0.15, -0.1) is 0 Å². The number of benzene rings is 2. The zero-order chi connectivity index (χ0) is 23.5.